The molecule has 25 heavy (non-hydrogen) atoms. The first-order valence-corrected chi connectivity index (χ1v) is 8.23. The van der Waals surface area contributed by atoms with E-state index in [0.29, 0.717) is 31.9 Å². The number of hydrogen-bond donors (Lipinski definition) is 0. The van der Waals surface area contributed by atoms with Gasteiger partial charge in [-0.2, -0.15) is 10.2 Å². The van der Waals surface area contributed by atoms with Crippen LogP contribution in [0, 0.1) is 0 Å². The first-order chi connectivity index (χ1) is 12.1. The maximum atomic E-state index is 12.7. The Hall–Kier alpha value is -2.39. The van der Waals surface area contributed by atoms with Gasteiger partial charge in [-0.15, -0.1) is 5.10 Å². The van der Waals surface area contributed by atoms with Crippen LogP contribution in [0.1, 0.15) is 27.7 Å². The minimum absolute atomic E-state index is 0.0460. The minimum atomic E-state index is -0.0792. The Morgan fingerprint density at radius 1 is 1.40 bits per heavy atom. The van der Waals surface area contributed by atoms with E-state index in [4.69, 9.17) is 4.74 Å². The van der Waals surface area contributed by atoms with Crippen LogP contribution in [-0.4, -0.2) is 81.3 Å². The van der Waals surface area contributed by atoms with Crippen molar-refractivity contribution in [3.8, 4) is 0 Å². The Morgan fingerprint density at radius 3 is 2.96 bits per heavy atom. The van der Waals surface area contributed by atoms with Gasteiger partial charge < -0.3 is 14.5 Å². The molecule has 9 nitrogen and oxygen atoms in total. The molecule has 0 saturated carbocycles. The summed E-state index contributed by atoms with van der Waals surface area (Å²) < 4.78 is 7.61. The number of aromatic nitrogens is 5. The first kappa shape index (κ1) is 17.4. The highest BCUT2D eigenvalue weighted by Gasteiger charge is 2.32. The number of fused-ring (bicyclic) bond motifs is 1. The number of ether oxygens (including phenoxy) is 1. The second-order valence-electron chi connectivity index (χ2n) is 6.44. The molecule has 1 atom stereocenters. The molecule has 0 fully saturated rings. The van der Waals surface area contributed by atoms with E-state index < -0.39 is 0 Å². The molecule has 2 aromatic heterocycles. The van der Waals surface area contributed by atoms with Gasteiger partial charge in [0, 0.05) is 26.1 Å². The van der Waals surface area contributed by atoms with E-state index in [2.05, 4.69) is 25.4 Å². The fourth-order valence-electron chi connectivity index (χ4n) is 2.98. The second-order valence-corrected chi connectivity index (χ2v) is 6.44. The molecule has 0 spiro atoms. The maximum Gasteiger partial charge on any atom is 0.255 e. The van der Waals surface area contributed by atoms with Crippen LogP contribution in [0.3, 0.4) is 0 Å². The summed E-state index contributed by atoms with van der Waals surface area (Å²) in [6.45, 7) is 3.04. The molecule has 1 amide bonds. The number of amides is 1. The Bertz CT molecular complexity index is 717. The molecule has 0 radical (unpaired) electrons. The number of likely N-dealkylation sites (N-methyl/N-ethyl adjacent to an activating group) is 1. The van der Waals surface area contributed by atoms with Gasteiger partial charge in [-0.25, -0.2) is 0 Å². The van der Waals surface area contributed by atoms with Crippen molar-refractivity contribution >= 4 is 5.91 Å². The summed E-state index contributed by atoms with van der Waals surface area (Å²) in [4.78, 5) is 16.6. The zero-order chi connectivity index (χ0) is 17.8. The van der Waals surface area contributed by atoms with Crippen LogP contribution in [0.4, 0.5) is 0 Å². The Labute approximate surface area is 146 Å². The van der Waals surface area contributed by atoms with E-state index in [1.54, 1.807) is 15.6 Å². The van der Waals surface area contributed by atoms with E-state index in [1.807, 2.05) is 21.1 Å². The van der Waals surface area contributed by atoms with Gasteiger partial charge in [0.05, 0.1) is 43.4 Å². The van der Waals surface area contributed by atoms with Crippen LogP contribution in [-0.2, 0) is 18.3 Å². The van der Waals surface area contributed by atoms with Crippen LogP contribution in [0.25, 0.3) is 0 Å². The predicted molar refractivity (Wildman–Crippen MR) is 89.9 cm³/mol. The van der Waals surface area contributed by atoms with E-state index in [1.165, 1.54) is 12.4 Å². The number of hydrogen-bond acceptors (Lipinski definition) is 7. The Morgan fingerprint density at radius 2 is 2.24 bits per heavy atom. The molecule has 0 N–H and O–H groups in total. The van der Waals surface area contributed by atoms with Crippen LogP contribution in [0.15, 0.2) is 18.5 Å². The molecule has 3 heterocycles. The number of carbonyl (C=O) groups is 1. The summed E-state index contributed by atoms with van der Waals surface area (Å²) in [7, 11) is 5.90. The zero-order valence-corrected chi connectivity index (χ0v) is 14.8. The molecule has 0 aliphatic carbocycles. The molecule has 3 rings (SSSR count). The largest absolute Gasteiger partial charge is 0.379 e. The normalized spacial score (nSPS) is 17.0. The summed E-state index contributed by atoms with van der Waals surface area (Å²) in [6, 6.07) is 1.67. The zero-order valence-electron chi connectivity index (χ0n) is 14.8. The highest BCUT2D eigenvalue weighted by Crippen LogP contribution is 2.27. The van der Waals surface area contributed by atoms with Gasteiger partial charge in [-0.1, -0.05) is 5.21 Å². The van der Waals surface area contributed by atoms with Crippen LogP contribution >= 0.6 is 0 Å². The van der Waals surface area contributed by atoms with Crippen molar-refractivity contribution in [2.24, 2.45) is 7.05 Å². The molecule has 0 bridgehead atoms. The lowest BCUT2D eigenvalue weighted by molar-refractivity contribution is 0.0613. The van der Waals surface area contributed by atoms with E-state index in [-0.39, 0.29) is 11.8 Å². The number of carbonyl (C=O) groups excluding carboxylic acids is 1. The van der Waals surface area contributed by atoms with Gasteiger partial charge >= 0.3 is 0 Å². The van der Waals surface area contributed by atoms with Gasteiger partial charge in [-0.3, -0.25) is 9.48 Å². The summed E-state index contributed by atoms with van der Waals surface area (Å²) in [5.74, 6) is -0.0332. The van der Waals surface area contributed by atoms with Crippen LogP contribution < -0.4 is 0 Å². The van der Waals surface area contributed by atoms with Crippen LogP contribution in [0.5, 0.6) is 0 Å². The molecule has 1 aliphatic rings. The number of rotatable bonds is 6. The van der Waals surface area contributed by atoms with Crippen molar-refractivity contribution in [3.63, 3.8) is 0 Å². The average Bonchev–Trinajstić information content (AvgIpc) is 2.99. The van der Waals surface area contributed by atoms with Crippen molar-refractivity contribution in [1.29, 1.82) is 0 Å². The summed E-state index contributed by atoms with van der Waals surface area (Å²) in [5, 5.41) is 15.8. The highest BCUT2D eigenvalue weighted by atomic mass is 16.5. The topological polar surface area (TPSA) is 89.3 Å². The van der Waals surface area contributed by atoms with Gasteiger partial charge in [-0.05, 0) is 20.2 Å². The van der Waals surface area contributed by atoms with Crippen LogP contribution in [0.2, 0.25) is 0 Å². The molecule has 0 saturated heterocycles. The standard InChI is InChI=1S/C16H23N7O2/c1-21(2)6-7-25-11-13-9-23(10-14-15(13)22(3)20-19-14)16(24)12-4-5-17-18-8-12/h4-5,8,13H,6-7,9-11H2,1-3H3/t13-/m1/s1. The summed E-state index contributed by atoms with van der Waals surface area (Å²) >= 11 is 0. The van der Waals surface area contributed by atoms with Crippen molar-refractivity contribution < 1.29 is 9.53 Å². The van der Waals surface area contributed by atoms with Crippen molar-refractivity contribution in [2.75, 3.05) is 40.4 Å². The highest BCUT2D eigenvalue weighted by molar-refractivity contribution is 5.93. The second kappa shape index (κ2) is 7.66. The minimum Gasteiger partial charge on any atom is -0.379 e. The van der Waals surface area contributed by atoms with Crippen molar-refractivity contribution in [3.05, 3.63) is 35.4 Å². The molecule has 9 heteroatoms. The van der Waals surface area contributed by atoms with Gasteiger partial charge in [0.25, 0.3) is 5.91 Å². The smallest absolute Gasteiger partial charge is 0.255 e. The van der Waals surface area contributed by atoms with Crippen molar-refractivity contribution in [1.82, 2.24) is 35.0 Å². The first-order valence-electron chi connectivity index (χ1n) is 8.23. The average molecular weight is 345 g/mol. The third-order valence-corrected chi connectivity index (χ3v) is 4.23. The lowest BCUT2D eigenvalue weighted by Crippen LogP contribution is -2.40. The SMILES string of the molecule is CN(C)CCOC[C@H]1CN(C(=O)c2ccnnc2)Cc2nnn(C)c21. The van der Waals surface area contributed by atoms with Gasteiger partial charge in [0.1, 0.15) is 5.69 Å². The molecule has 134 valence electrons. The number of nitrogens with zero attached hydrogens (tertiary/aromatic N) is 7. The summed E-state index contributed by atoms with van der Waals surface area (Å²) in [5.41, 5.74) is 2.39. The lowest BCUT2D eigenvalue weighted by atomic mass is 9.98. The van der Waals surface area contributed by atoms with E-state index in [0.717, 1.165) is 17.9 Å². The van der Waals surface area contributed by atoms with Gasteiger partial charge in [0.15, 0.2) is 0 Å². The van der Waals surface area contributed by atoms with Gasteiger partial charge in [0.2, 0.25) is 0 Å². The fourth-order valence-corrected chi connectivity index (χ4v) is 2.98. The predicted octanol–water partition coefficient (Wildman–Crippen LogP) is -0.0771. The molecular formula is C16H23N7O2. The molecule has 2 aromatic rings. The summed E-state index contributed by atoms with van der Waals surface area (Å²) in [6.07, 6.45) is 3.00. The lowest BCUT2D eigenvalue weighted by Gasteiger charge is -2.32. The number of aryl methyl sites for hydroxylation is 1. The molecule has 1 aliphatic heterocycles. The quantitative estimate of drug-likeness (QED) is 0.677. The Balaban J connectivity index is 1.73. The maximum absolute atomic E-state index is 12.7. The Kier molecular flexibility index (Phi) is 5.34. The van der Waals surface area contributed by atoms with E-state index >= 15 is 0 Å². The third-order valence-electron chi connectivity index (χ3n) is 4.23. The third kappa shape index (κ3) is 3.99. The molecular weight excluding hydrogens is 322 g/mol. The monoisotopic (exact) mass is 345 g/mol. The van der Waals surface area contributed by atoms with E-state index in [9.17, 15) is 4.79 Å². The molecule has 0 unspecified atom stereocenters. The molecule has 0 aromatic carbocycles. The fraction of sp³-hybridized carbons (Fsp3) is 0.562. The van der Waals surface area contributed by atoms with Crippen molar-refractivity contribution in [2.45, 2.75) is 12.5 Å².